The molecule has 1 atom stereocenters. The molecule has 2 nitrogen and oxygen atoms in total. The van der Waals surface area contributed by atoms with Gasteiger partial charge in [0, 0.05) is 11.5 Å². The zero-order chi connectivity index (χ0) is 15.2. The van der Waals surface area contributed by atoms with Crippen LogP contribution in [-0.4, -0.2) is 0 Å². The molecule has 0 aliphatic heterocycles. The quantitative estimate of drug-likeness (QED) is 0.778. The van der Waals surface area contributed by atoms with Gasteiger partial charge in [0.05, 0.1) is 0 Å². The molecule has 0 spiro atoms. The van der Waals surface area contributed by atoms with Crippen LogP contribution in [0.5, 0.6) is 5.75 Å². The molecule has 0 amide bonds. The SMILES string of the molecule is O=c1c(OCc2ccccc2)ccccc1C1C=CCCC1. The lowest BCUT2D eigenvalue weighted by Gasteiger charge is -2.15. The lowest BCUT2D eigenvalue weighted by Crippen LogP contribution is -2.14. The monoisotopic (exact) mass is 292 g/mol. The normalized spacial score (nSPS) is 17.2. The predicted molar refractivity (Wildman–Crippen MR) is 89.2 cm³/mol. The van der Waals surface area contributed by atoms with Crippen LogP contribution in [0.15, 0.2) is 71.5 Å². The van der Waals surface area contributed by atoms with Crippen molar-refractivity contribution in [1.82, 2.24) is 0 Å². The first kappa shape index (κ1) is 14.6. The van der Waals surface area contributed by atoms with Gasteiger partial charge >= 0.3 is 0 Å². The molecule has 1 aliphatic carbocycles. The highest BCUT2D eigenvalue weighted by Crippen LogP contribution is 2.26. The molecule has 0 heterocycles. The average Bonchev–Trinajstić information content (AvgIpc) is 2.76. The summed E-state index contributed by atoms with van der Waals surface area (Å²) in [6.07, 6.45) is 7.61. The van der Waals surface area contributed by atoms with E-state index in [1.54, 1.807) is 6.07 Å². The van der Waals surface area contributed by atoms with E-state index in [0.29, 0.717) is 12.4 Å². The Kier molecular flexibility index (Phi) is 4.69. The molecule has 1 aliphatic rings. The minimum absolute atomic E-state index is 0.0116. The van der Waals surface area contributed by atoms with Crippen molar-refractivity contribution in [1.29, 1.82) is 0 Å². The van der Waals surface area contributed by atoms with Gasteiger partial charge in [-0.1, -0.05) is 60.7 Å². The number of benzene rings is 1. The summed E-state index contributed by atoms with van der Waals surface area (Å²) in [5.41, 5.74) is 1.91. The summed E-state index contributed by atoms with van der Waals surface area (Å²) in [6.45, 7) is 0.417. The van der Waals surface area contributed by atoms with E-state index in [9.17, 15) is 4.79 Å². The Bertz CT molecular complexity index is 704. The Labute approximate surface area is 131 Å². The van der Waals surface area contributed by atoms with Crippen molar-refractivity contribution in [2.45, 2.75) is 31.8 Å². The van der Waals surface area contributed by atoms with Crippen LogP contribution in [0.1, 0.15) is 36.3 Å². The fourth-order valence-corrected chi connectivity index (χ4v) is 2.81. The number of hydrogen-bond acceptors (Lipinski definition) is 2. The zero-order valence-electron chi connectivity index (χ0n) is 12.6. The third-order valence-corrected chi connectivity index (χ3v) is 4.01. The predicted octanol–water partition coefficient (Wildman–Crippen LogP) is 4.45. The van der Waals surface area contributed by atoms with Crippen molar-refractivity contribution in [2.24, 2.45) is 0 Å². The fourth-order valence-electron chi connectivity index (χ4n) is 2.81. The topological polar surface area (TPSA) is 26.3 Å². The summed E-state index contributed by atoms with van der Waals surface area (Å²) in [5.74, 6) is 0.649. The van der Waals surface area contributed by atoms with Crippen LogP contribution in [0, 0.1) is 0 Å². The van der Waals surface area contributed by atoms with E-state index >= 15 is 0 Å². The highest BCUT2D eigenvalue weighted by atomic mass is 16.5. The molecular formula is C20H20O2. The number of ether oxygens (including phenoxy) is 1. The van der Waals surface area contributed by atoms with E-state index in [1.165, 1.54) is 0 Å². The summed E-state index contributed by atoms with van der Waals surface area (Å²) in [6, 6.07) is 17.4. The summed E-state index contributed by atoms with van der Waals surface area (Å²) < 4.78 is 5.78. The second kappa shape index (κ2) is 7.08. The Morgan fingerprint density at radius 1 is 1.00 bits per heavy atom. The van der Waals surface area contributed by atoms with Gasteiger partial charge in [-0.05, 0) is 30.9 Å². The van der Waals surface area contributed by atoms with Gasteiger partial charge in [-0.3, -0.25) is 4.79 Å². The molecule has 0 saturated heterocycles. The minimum Gasteiger partial charge on any atom is -0.485 e. The number of allylic oxidation sites excluding steroid dienone is 2. The van der Waals surface area contributed by atoms with Crippen molar-refractivity contribution in [3.8, 4) is 5.75 Å². The van der Waals surface area contributed by atoms with Crippen molar-refractivity contribution in [2.75, 3.05) is 0 Å². The van der Waals surface area contributed by atoms with Crippen molar-refractivity contribution in [3.05, 3.63) is 88.1 Å². The maximum absolute atomic E-state index is 12.7. The molecule has 0 bridgehead atoms. The molecule has 0 N–H and O–H groups in total. The summed E-state index contributed by atoms with van der Waals surface area (Å²) in [7, 11) is 0. The molecule has 0 aromatic heterocycles. The second-order valence-corrected chi connectivity index (χ2v) is 5.61. The highest BCUT2D eigenvalue weighted by Gasteiger charge is 2.15. The van der Waals surface area contributed by atoms with Gasteiger partial charge in [-0.25, -0.2) is 0 Å². The maximum Gasteiger partial charge on any atom is 0.224 e. The minimum atomic E-state index is 0.0116. The first-order valence-corrected chi connectivity index (χ1v) is 7.81. The molecule has 0 fully saturated rings. The fraction of sp³-hybridized carbons (Fsp3) is 0.250. The van der Waals surface area contributed by atoms with Gasteiger partial charge in [-0.15, -0.1) is 0 Å². The van der Waals surface area contributed by atoms with Crippen LogP contribution in [0.4, 0.5) is 0 Å². The Hall–Kier alpha value is -2.35. The molecule has 112 valence electrons. The highest BCUT2D eigenvalue weighted by molar-refractivity contribution is 5.32. The maximum atomic E-state index is 12.7. The van der Waals surface area contributed by atoms with Gasteiger partial charge in [0.1, 0.15) is 6.61 Å². The standard InChI is InChI=1S/C20H20O2/c21-20-18(17-11-5-2-6-12-17)13-7-8-14-19(20)22-15-16-9-3-1-4-10-16/h1,3-5,7-11,13-14,17H,2,6,12,15H2. The number of rotatable bonds is 4. The summed E-state index contributed by atoms with van der Waals surface area (Å²) in [4.78, 5) is 12.7. The molecule has 22 heavy (non-hydrogen) atoms. The molecule has 1 unspecified atom stereocenters. The van der Waals surface area contributed by atoms with Gasteiger partial charge in [0.15, 0.2) is 5.75 Å². The first-order chi connectivity index (χ1) is 10.8. The van der Waals surface area contributed by atoms with Gasteiger partial charge in [-0.2, -0.15) is 0 Å². The lowest BCUT2D eigenvalue weighted by molar-refractivity contribution is 0.303. The molecule has 2 heteroatoms. The molecule has 0 radical (unpaired) electrons. The molecule has 0 saturated carbocycles. The third-order valence-electron chi connectivity index (χ3n) is 4.01. The smallest absolute Gasteiger partial charge is 0.224 e. The summed E-state index contributed by atoms with van der Waals surface area (Å²) in [5, 5.41) is 0. The second-order valence-electron chi connectivity index (χ2n) is 5.61. The van der Waals surface area contributed by atoms with E-state index < -0.39 is 0 Å². The van der Waals surface area contributed by atoms with Crippen molar-refractivity contribution >= 4 is 0 Å². The van der Waals surface area contributed by atoms with E-state index in [-0.39, 0.29) is 11.3 Å². The van der Waals surface area contributed by atoms with E-state index in [1.807, 2.05) is 48.5 Å². The van der Waals surface area contributed by atoms with E-state index in [4.69, 9.17) is 4.74 Å². The van der Waals surface area contributed by atoms with Crippen LogP contribution in [-0.2, 0) is 6.61 Å². The van der Waals surface area contributed by atoms with Crippen LogP contribution >= 0.6 is 0 Å². The van der Waals surface area contributed by atoms with Crippen molar-refractivity contribution in [3.63, 3.8) is 0 Å². The van der Waals surface area contributed by atoms with Crippen LogP contribution in [0.3, 0.4) is 0 Å². The molecule has 2 aromatic rings. The van der Waals surface area contributed by atoms with Crippen molar-refractivity contribution < 1.29 is 4.74 Å². The molecular weight excluding hydrogens is 272 g/mol. The third kappa shape index (κ3) is 3.45. The lowest BCUT2D eigenvalue weighted by atomic mass is 9.90. The Morgan fingerprint density at radius 2 is 1.77 bits per heavy atom. The summed E-state index contributed by atoms with van der Waals surface area (Å²) >= 11 is 0. The van der Waals surface area contributed by atoms with Crippen LogP contribution in [0.2, 0.25) is 0 Å². The van der Waals surface area contributed by atoms with Crippen LogP contribution < -0.4 is 10.2 Å². The molecule has 3 rings (SSSR count). The van der Waals surface area contributed by atoms with Gasteiger partial charge in [0.2, 0.25) is 5.43 Å². The zero-order valence-corrected chi connectivity index (χ0v) is 12.6. The molecule has 2 aromatic carbocycles. The average molecular weight is 292 g/mol. The Morgan fingerprint density at radius 3 is 2.55 bits per heavy atom. The Balaban J connectivity index is 1.85. The largest absolute Gasteiger partial charge is 0.485 e. The van der Waals surface area contributed by atoms with E-state index in [0.717, 1.165) is 30.4 Å². The number of hydrogen-bond donors (Lipinski definition) is 0. The van der Waals surface area contributed by atoms with E-state index in [2.05, 4.69) is 12.2 Å². The first-order valence-electron chi connectivity index (χ1n) is 7.81. The van der Waals surface area contributed by atoms with Crippen LogP contribution in [0.25, 0.3) is 0 Å². The van der Waals surface area contributed by atoms with Gasteiger partial charge < -0.3 is 4.74 Å². The van der Waals surface area contributed by atoms with Gasteiger partial charge in [0.25, 0.3) is 0 Å².